The molecule has 26 heavy (non-hydrogen) atoms. The SMILES string of the molecule is CCOC(=O)c1ccc(NC(=O)C(=O)Nc2c(C)cc(C)cc2C)cc1. The number of ether oxygens (including phenoxy) is 1. The predicted octanol–water partition coefficient (Wildman–Crippen LogP) is 3.37. The van der Waals surface area contributed by atoms with Crippen LogP contribution < -0.4 is 10.6 Å². The normalized spacial score (nSPS) is 10.2. The van der Waals surface area contributed by atoms with Gasteiger partial charge in [-0.15, -0.1) is 0 Å². The first-order valence-corrected chi connectivity index (χ1v) is 8.29. The number of carbonyl (C=O) groups excluding carboxylic acids is 3. The number of hydrogen-bond acceptors (Lipinski definition) is 4. The smallest absolute Gasteiger partial charge is 0.338 e. The molecule has 136 valence electrons. The van der Waals surface area contributed by atoms with E-state index in [0.717, 1.165) is 16.7 Å². The van der Waals surface area contributed by atoms with Crippen LogP contribution in [0.25, 0.3) is 0 Å². The fourth-order valence-electron chi connectivity index (χ4n) is 2.64. The molecule has 0 saturated heterocycles. The van der Waals surface area contributed by atoms with Gasteiger partial charge in [-0.3, -0.25) is 9.59 Å². The van der Waals surface area contributed by atoms with Crippen molar-refractivity contribution in [3.63, 3.8) is 0 Å². The second-order valence-corrected chi connectivity index (χ2v) is 5.98. The molecule has 0 aromatic heterocycles. The van der Waals surface area contributed by atoms with Gasteiger partial charge in [0.1, 0.15) is 0 Å². The van der Waals surface area contributed by atoms with Gasteiger partial charge in [0.15, 0.2) is 0 Å². The third kappa shape index (κ3) is 4.69. The number of carbonyl (C=O) groups is 3. The summed E-state index contributed by atoms with van der Waals surface area (Å²) in [6.45, 7) is 7.74. The fraction of sp³-hybridized carbons (Fsp3) is 0.250. The number of rotatable bonds is 4. The Kier molecular flexibility index (Phi) is 6.11. The largest absolute Gasteiger partial charge is 0.462 e. The highest BCUT2D eigenvalue weighted by molar-refractivity contribution is 6.43. The second kappa shape index (κ2) is 8.29. The Morgan fingerprint density at radius 3 is 1.96 bits per heavy atom. The van der Waals surface area contributed by atoms with E-state index in [1.165, 1.54) is 12.1 Å². The number of anilines is 2. The van der Waals surface area contributed by atoms with Gasteiger partial charge in [-0.2, -0.15) is 0 Å². The van der Waals surface area contributed by atoms with Crippen LogP contribution in [0.15, 0.2) is 36.4 Å². The maximum atomic E-state index is 12.2. The number of nitrogens with one attached hydrogen (secondary N) is 2. The molecule has 0 unspecified atom stereocenters. The van der Waals surface area contributed by atoms with Gasteiger partial charge in [0.25, 0.3) is 0 Å². The van der Waals surface area contributed by atoms with Crippen LogP contribution in [0.4, 0.5) is 11.4 Å². The lowest BCUT2D eigenvalue weighted by Crippen LogP contribution is -2.29. The number of esters is 1. The predicted molar refractivity (Wildman–Crippen MR) is 100 cm³/mol. The Labute approximate surface area is 152 Å². The van der Waals surface area contributed by atoms with Crippen LogP contribution in [-0.4, -0.2) is 24.4 Å². The van der Waals surface area contributed by atoms with Gasteiger partial charge < -0.3 is 15.4 Å². The van der Waals surface area contributed by atoms with Gasteiger partial charge in [-0.05, 0) is 63.1 Å². The standard InChI is InChI=1S/C20H22N2O4/c1-5-26-20(25)15-6-8-16(9-7-15)21-18(23)19(24)22-17-13(3)10-12(2)11-14(17)4/h6-11H,5H2,1-4H3,(H,21,23)(H,22,24). The van der Waals surface area contributed by atoms with Gasteiger partial charge in [0.2, 0.25) is 0 Å². The summed E-state index contributed by atoms with van der Waals surface area (Å²) in [5, 5.41) is 5.15. The molecule has 2 aromatic carbocycles. The van der Waals surface area contributed by atoms with Crippen LogP contribution in [0.2, 0.25) is 0 Å². The molecule has 0 aliphatic carbocycles. The zero-order valence-electron chi connectivity index (χ0n) is 15.3. The highest BCUT2D eigenvalue weighted by Crippen LogP contribution is 2.22. The van der Waals surface area contributed by atoms with Gasteiger partial charge in [-0.25, -0.2) is 4.79 Å². The molecule has 0 bridgehead atoms. The van der Waals surface area contributed by atoms with E-state index in [1.807, 2.05) is 32.9 Å². The van der Waals surface area contributed by atoms with E-state index in [-0.39, 0.29) is 6.61 Å². The first kappa shape index (κ1) is 19.2. The maximum absolute atomic E-state index is 12.2. The van der Waals surface area contributed by atoms with Crippen LogP contribution in [0.3, 0.4) is 0 Å². The summed E-state index contributed by atoms with van der Waals surface area (Å²) in [4.78, 5) is 35.9. The Balaban J connectivity index is 2.03. The van der Waals surface area contributed by atoms with Crippen molar-refractivity contribution in [2.24, 2.45) is 0 Å². The Bertz CT molecular complexity index is 818. The minimum Gasteiger partial charge on any atom is -0.462 e. The Hall–Kier alpha value is -3.15. The van der Waals surface area contributed by atoms with E-state index in [4.69, 9.17) is 4.74 Å². The van der Waals surface area contributed by atoms with E-state index in [0.29, 0.717) is 16.9 Å². The molecule has 0 radical (unpaired) electrons. The highest BCUT2D eigenvalue weighted by Gasteiger charge is 2.16. The molecule has 0 aliphatic rings. The first-order chi connectivity index (χ1) is 12.3. The lowest BCUT2D eigenvalue weighted by molar-refractivity contribution is -0.133. The molecule has 0 spiro atoms. The Morgan fingerprint density at radius 2 is 1.42 bits per heavy atom. The summed E-state index contributed by atoms with van der Waals surface area (Å²) < 4.78 is 4.89. The zero-order valence-corrected chi connectivity index (χ0v) is 15.3. The zero-order chi connectivity index (χ0) is 19.3. The van der Waals surface area contributed by atoms with E-state index in [1.54, 1.807) is 19.1 Å². The summed E-state index contributed by atoms with van der Waals surface area (Å²) >= 11 is 0. The van der Waals surface area contributed by atoms with Crippen molar-refractivity contribution < 1.29 is 19.1 Å². The van der Waals surface area contributed by atoms with Gasteiger partial charge in [-0.1, -0.05) is 17.7 Å². The van der Waals surface area contributed by atoms with Crippen molar-refractivity contribution in [1.29, 1.82) is 0 Å². The van der Waals surface area contributed by atoms with E-state index >= 15 is 0 Å². The van der Waals surface area contributed by atoms with Crippen molar-refractivity contribution in [1.82, 2.24) is 0 Å². The van der Waals surface area contributed by atoms with Crippen molar-refractivity contribution in [3.8, 4) is 0 Å². The average molecular weight is 354 g/mol. The molecule has 0 saturated carbocycles. The second-order valence-electron chi connectivity index (χ2n) is 5.98. The van der Waals surface area contributed by atoms with Gasteiger partial charge >= 0.3 is 17.8 Å². The highest BCUT2D eigenvalue weighted by atomic mass is 16.5. The van der Waals surface area contributed by atoms with Crippen molar-refractivity contribution in [3.05, 3.63) is 58.7 Å². The molecular formula is C20H22N2O4. The summed E-state index contributed by atoms with van der Waals surface area (Å²) in [7, 11) is 0. The van der Waals surface area contributed by atoms with Crippen molar-refractivity contribution in [2.45, 2.75) is 27.7 Å². The van der Waals surface area contributed by atoms with Crippen LogP contribution in [0, 0.1) is 20.8 Å². The van der Waals surface area contributed by atoms with Gasteiger partial charge in [0, 0.05) is 11.4 Å². The van der Waals surface area contributed by atoms with Crippen molar-refractivity contribution in [2.75, 3.05) is 17.2 Å². The van der Waals surface area contributed by atoms with E-state index in [2.05, 4.69) is 10.6 Å². The van der Waals surface area contributed by atoms with Crippen LogP contribution in [0.5, 0.6) is 0 Å². The molecule has 0 heterocycles. The summed E-state index contributed by atoms with van der Waals surface area (Å²) in [6, 6.07) is 10.0. The van der Waals surface area contributed by atoms with Crippen LogP contribution in [0.1, 0.15) is 34.0 Å². The lowest BCUT2D eigenvalue weighted by Gasteiger charge is -2.13. The van der Waals surface area contributed by atoms with Crippen LogP contribution >= 0.6 is 0 Å². The molecule has 2 aromatic rings. The summed E-state index contributed by atoms with van der Waals surface area (Å²) in [5.41, 5.74) is 4.29. The monoisotopic (exact) mass is 354 g/mol. The number of aryl methyl sites for hydroxylation is 3. The molecule has 6 heteroatoms. The van der Waals surface area contributed by atoms with Crippen molar-refractivity contribution >= 4 is 29.2 Å². The van der Waals surface area contributed by atoms with Gasteiger partial charge in [0.05, 0.1) is 12.2 Å². The minimum absolute atomic E-state index is 0.287. The third-order valence-electron chi connectivity index (χ3n) is 3.78. The minimum atomic E-state index is -0.784. The molecule has 0 atom stereocenters. The topological polar surface area (TPSA) is 84.5 Å². The molecule has 0 fully saturated rings. The molecule has 2 amide bonds. The molecular weight excluding hydrogens is 332 g/mol. The quantitative estimate of drug-likeness (QED) is 0.651. The molecule has 6 nitrogen and oxygen atoms in total. The summed E-state index contributed by atoms with van der Waals surface area (Å²) in [5.74, 6) is -1.98. The van der Waals surface area contributed by atoms with E-state index in [9.17, 15) is 14.4 Å². The summed E-state index contributed by atoms with van der Waals surface area (Å²) in [6.07, 6.45) is 0. The molecule has 0 aliphatic heterocycles. The number of benzene rings is 2. The number of amides is 2. The van der Waals surface area contributed by atoms with E-state index < -0.39 is 17.8 Å². The fourth-order valence-corrected chi connectivity index (χ4v) is 2.64. The van der Waals surface area contributed by atoms with Crippen LogP contribution in [-0.2, 0) is 14.3 Å². The first-order valence-electron chi connectivity index (χ1n) is 8.29. The number of hydrogen-bond donors (Lipinski definition) is 2. The lowest BCUT2D eigenvalue weighted by atomic mass is 10.1. The third-order valence-corrected chi connectivity index (χ3v) is 3.78. The molecule has 2 rings (SSSR count). The maximum Gasteiger partial charge on any atom is 0.338 e. The average Bonchev–Trinajstić information content (AvgIpc) is 2.58. The Morgan fingerprint density at radius 1 is 0.885 bits per heavy atom. The molecule has 2 N–H and O–H groups in total.